The van der Waals surface area contributed by atoms with Crippen molar-refractivity contribution in [3.05, 3.63) is 75.0 Å². The highest BCUT2D eigenvalue weighted by Crippen LogP contribution is 2.20. The molecular formula is C25H28N6O4. The van der Waals surface area contributed by atoms with Crippen LogP contribution < -0.4 is 5.56 Å². The number of amides is 2. The van der Waals surface area contributed by atoms with E-state index in [1.165, 1.54) is 10.9 Å². The molecular weight excluding hydrogens is 448 g/mol. The topological polar surface area (TPSA) is 113 Å². The Labute approximate surface area is 202 Å². The van der Waals surface area contributed by atoms with E-state index in [0.717, 1.165) is 36.1 Å². The van der Waals surface area contributed by atoms with Crippen LogP contribution >= 0.6 is 0 Å². The van der Waals surface area contributed by atoms with Crippen LogP contribution in [0.5, 0.6) is 0 Å². The monoisotopic (exact) mass is 476 g/mol. The molecule has 1 N–H and O–H groups in total. The number of nitrogens with zero attached hydrogens (tertiary/aromatic N) is 5. The number of aryl methyl sites for hydroxylation is 1. The Hall–Kier alpha value is -3.95. The molecule has 0 saturated carbocycles. The molecule has 1 atom stereocenters. The Balaban J connectivity index is 1.25. The number of carbonyl (C=O) groups excluding carboxylic acids is 2. The zero-order valence-corrected chi connectivity index (χ0v) is 19.9. The number of piperazine rings is 1. The van der Waals surface area contributed by atoms with Crippen LogP contribution in [0.4, 0.5) is 4.79 Å². The lowest BCUT2D eigenvalue weighted by Crippen LogP contribution is -2.55. The van der Waals surface area contributed by atoms with Gasteiger partial charge in [-0.25, -0.2) is 14.5 Å². The van der Waals surface area contributed by atoms with Gasteiger partial charge in [0.15, 0.2) is 0 Å². The normalized spacial score (nSPS) is 17.4. The van der Waals surface area contributed by atoms with E-state index in [2.05, 4.69) is 15.1 Å². The number of H-pyrrole nitrogens is 1. The molecule has 2 aliphatic rings. The number of fused-ring (bicyclic) bond motifs is 1. The highest BCUT2D eigenvalue weighted by atomic mass is 16.6. The number of ether oxygens (including phenoxy) is 1. The molecule has 3 heterocycles. The van der Waals surface area contributed by atoms with Crippen molar-refractivity contribution >= 4 is 12.0 Å². The molecule has 2 amide bonds. The van der Waals surface area contributed by atoms with E-state index >= 15 is 0 Å². The Bertz CT molecular complexity index is 1320. The molecule has 5 rings (SSSR count). The highest BCUT2D eigenvalue weighted by molar-refractivity contribution is 5.95. The van der Waals surface area contributed by atoms with E-state index in [1.807, 2.05) is 37.3 Å². The van der Waals surface area contributed by atoms with Gasteiger partial charge in [0.25, 0.3) is 11.5 Å². The lowest BCUT2D eigenvalue weighted by Gasteiger charge is -2.39. The summed E-state index contributed by atoms with van der Waals surface area (Å²) in [5.74, 6) is 0.160. The third kappa shape index (κ3) is 4.43. The molecule has 1 aliphatic carbocycles. The van der Waals surface area contributed by atoms with Gasteiger partial charge >= 0.3 is 6.09 Å². The SMILES string of the molecule is Cc1c(C(=O)N2CCN(C(=O)OCc3ccccc3)C(C)C2)cnn1-c1nc2c(c(=O)[nH]1)CCC2. The molecule has 10 heteroatoms. The largest absolute Gasteiger partial charge is 0.445 e. The molecule has 1 aliphatic heterocycles. The average Bonchev–Trinajstić information content (AvgIpc) is 3.49. The maximum Gasteiger partial charge on any atom is 0.410 e. The first-order valence-corrected chi connectivity index (χ1v) is 11.9. The molecule has 0 spiro atoms. The predicted octanol–water partition coefficient (Wildman–Crippen LogP) is 2.24. The van der Waals surface area contributed by atoms with Crippen LogP contribution in [0, 0.1) is 6.92 Å². The molecule has 0 bridgehead atoms. The summed E-state index contributed by atoms with van der Waals surface area (Å²) in [6.07, 6.45) is 3.55. The zero-order chi connectivity index (χ0) is 24.5. The third-order valence-corrected chi connectivity index (χ3v) is 6.72. The smallest absolute Gasteiger partial charge is 0.410 e. The number of benzene rings is 1. The first kappa shape index (κ1) is 22.8. The fourth-order valence-electron chi connectivity index (χ4n) is 4.75. The lowest BCUT2D eigenvalue weighted by atomic mass is 10.1. The van der Waals surface area contributed by atoms with Crippen molar-refractivity contribution in [3.63, 3.8) is 0 Å². The van der Waals surface area contributed by atoms with Crippen LogP contribution in [-0.4, -0.2) is 67.2 Å². The summed E-state index contributed by atoms with van der Waals surface area (Å²) < 4.78 is 6.97. The Morgan fingerprint density at radius 3 is 2.74 bits per heavy atom. The van der Waals surface area contributed by atoms with Crippen molar-refractivity contribution in [2.24, 2.45) is 0 Å². The van der Waals surface area contributed by atoms with Gasteiger partial charge in [-0.2, -0.15) is 5.10 Å². The summed E-state index contributed by atoms with van der Waals surface area (Å²) in [5, 5.41) is 4.34. The van der Waals surface area contributed by atoms with Crippen molar-refractivity contribution < 1.29 is 14.3 Å². The Kier molecular flexibility index (Phi) is 6.10. The molecule has 182 valence electrons. The zero-order valence-electron chi connectivity index (χ0n) is 19.9. The van der Waals surface area contributed by atoms with Crippen LogP contribution in [0.2, 0.25) is 0 Å². The van der Waals surface area contributed by atoms with E-state index < -0.39 is 0 Å². The molecule has 0 radical (unpaired) electrons. The first-order valence-electron chi connectivity index (χ1n) is 11.9. The number of aromatic amines is 1. The van der Waals surface area contributed by atoms with E-state index in [4.69, 9.17) is 4.74 Å². The van der Waals surface area contributed by atoms with Crippen LogP contribution in [-0.2, 0) is 24.2 Å². The number of carbonyl (C=O) groups is 2. The molecule has 10 nitrogen and oxygen atoms in total. The summed E-state index contributed by atoms with van der Waals surface area (Å²) in [6, 6.07) is 9.34. The van der Waals surface area contributed by atoms with Crippen molar-refractivity contribution in [3.8, 4) is 5.95 Å². The molecule has 1 saturated heterocycles. The minimum absolute atomic E-state index is 0.144. The summed E-state index contributed by atoms with van der Waals surface area (Å²) in [5.41, 5.74) is 3.37. The second-order valence-corrected chi connectivity index (χ2v) is 9.06. The van der Waals surface area contributed by atoms with Crippen LogP contribution in [0.3, 0.4) is 0 Å². The average molecular weight is 477 g/mol. The van der Waals surface area contributed by atoms with Gasteiger partial charge in [-0.05, 0) is 38.7 Å². The van der Waals surface area contributed by atoms with Gasteiger partial charge in [0.2, 0.25) is 5.95 Å². The van der Waals surface area contributed by atoms with Crippen molar-refractivity contribution in [2.45, 2.75) is 45.8 Å². The number of aromatic nitrogens is 4. The van der Waals surface area contributed by atoms with E-state index in [9.17, 15) is 14.4 Å². The molecule has 2 aromatic heterocycles. The molecule has 1 fully saturated rings. The highest BCUT2D eigenvalue weighted by Gasteiger charge is 2.32. The van der Waals surface area contributed by atoms with Crippen LogP contribution in [0.15, 0.2) is 41.3 Å². The molecule has 35 heavy (non-hydrogen) atoms. The van der Waals surface area contributed by atoms with Crippen LogP contribution in [0.25, 0.3) is 5.95 Å². The summed E-state index contributed by atoms with van der Waals surface area (Å²) >= 11 is 0. The van der Waals surface area contributed by atoms with Gasteiger partial charge < -0.3 is 14.5 Å². The predicted molar refractivity (Wildman–Crippen MR) is 127 cm³/mol. The Morgan fingerprint density at radius 1 is 1.17 bits per heavy atom. The molecule has 1 aromatic carbocycles. The minimum Gasteiger partial charge on any atom is -0.445 e. The van der Waals surface area contributed by atoms with Gasteiger partial charge in [-0.15, -0.1) is 0 Å². The van der Waals surface area contributed by atoms with Gasteiger partial charge in [0.1, 0.15) is 6.61 Å². The fraction of sp³-hybridized carbons (Fsp3) is 0.400. The lowest BCUT2D eigenvalue weighted by molar-refractivity contribution is 0.0390. The number of hydrogen-bond acceptors (Lipinski definition) is 6. The maximum atomic E-state index is 13.3. The summed E-state index contributed by atoms with van der Waals surface area (Å²) in [4.78, 5) is 49.0. The van der Waals surface area contributed by atoms with Gasteiger partial charge in [0.05, 0.1) is 23.1 Å². The van der Waals surface area contributed by atoms with Crippen molar-refractivity contribution in [2.75, 3.05) is 19.6 Å². The standard InChI is InChI=1S/C25H28N6O4/c1-16-14-29(11-12-30(16)25(34)35-15-18-7-4-3-5-8-18)23(33)20-13-26-31(17(20)2)24-27-21-10-6-9-19(21)22(32)28-24/h3-5,7-8,13,16H,6,9-12,14-15H2,1-2H3,(H,27,28,32). The first-order chi connectivity index (χ1) is 16.9. The van der Waals surface area contributed by atoms with E-state index in [1.54, 1.807) is 16.7 Å². The maximum absolute atomic E-state index is 13.3. The molecule has 3 aromatic rings. The van der Waals surface area contributed by atoms with Gasteiger partial charge in [-0.3, -0.25) is 14.6 Å². The van der Waals surface area contributed by atoms with E-state index in [0.29, 0.717) is 36.8 Å². The quantitative estimate of drug-likeness (QED) is 0.618. The van der Waals surface area contributed by atoms with Crippen LogP contribution in [0.1, 0.15) is 46.2 Å². The fourth-order valence-corrected chi connectivity index (χ4v) is 4.75. The molecule has 1 unspecified atom stereocenters. The number of rotatable bonds is 4. The Morgan fingerprint density at radius 2 is 1.97 bits per heavy atom. The summed E-state index contributed by atoms with van der Waals surface area (Å²) in [6.45, 7) is 5.06. The van der Waals surface area contributed by atoms with Crippen molar-refractivity contribution in [1.29, 1.82) is 0 Å². The second kappa shape index (κ2) is 9.36. The minimum atomic E-state index is -0.385. The second-order valence-electron chi connectivity index (χ2n) is 9.06. The third-order valence-electron chi connectivity index (χ3n) is 6.72. The van der Waals surface area contributed by atoms with Crippen molar-refractivity contribution in [1.82, 2.24) is 29.5 Å². The summed E-state index contributed by atoms with van der Waals surface area (Å²) in [7, 11) is 0. The number of hydrogen-bond donors (Lipinski definition) is 1. The number of nitrogens with one attached hydrogen (secondary N) is 1. The van der Waals surface area contributed by atoms with Gasteiger partial charge in [-0.1, -0.05) is 30.3 Å². The van der Waals surface area contributed by atoms with E-state index in [-0.39, 0.29) is 30.2 Å². The van der Waals surface area contributed by atoms with Gasteiger partial charge in [0, 0.05) is 31.2 Å².